The summed E-state index contributed by atoms with van der Waals surface area (Å²) in [7, 11) is 1.40. The van der Waals surface area contributed by atoms with Gasteiger partial charge in [-0.05, 0) is 19.1 Å². The smallest absolute Gasteiger partial charge is 0.305 e. The summed E-state index contributed by atoms with van der Waals surface area (Å²) in [5.74, 6) is -4.13. The second kappa shape index (κ2) is 6.26. The molecule has 0 spiro atoms. The Morgan fingerprint density at radius 1 is 1.32 bits per heavy atom. The number of benzene rings is 1. The van der Waals surface area contributed by atoms with Gasteiger partial charge in [-0.2, -0.15) is 0 Å². The molecule has 1 atom stereocenters. The minimum absolute atomic E-state index is 0.00538. The average Bonchev–Trinajstić information content (AvgIpc) is 2.34. The van der Waals surface area contributed by atoms with Crippen LogP contribution >= 0.6 is 0 Å². The molecule has 4 nitrogen and oxygen atoms in total. The highest BCUT2D eigenvalue weighted by Gasteiger charge is 2.25. The highest BCUT2D eigenvalue weighted by molar-refractivity contribution is 5.83. The molecule has 0 radical (unpaired) electrons. The Balaban J connectivity index is 2.84. The van der Waals surface area contributed by atoms with Crippen molar-refractivity contribution in [3.05, 3.63) is 35.4 Å². The number of nitrogens with zero attached hydrogens (tertiary/aromatic N) is 1. The fourth-order valence-electron chi connectivity index (χ4n) is 1.75. The molecular weight excluding hydrogens is 256 g/mol. The van der Waals surface area contributed by atoms with Crippen LogP contribution in [-0.4, -0.2) is 35.5 Å². The standard InChI is InChI=1S/C13H15F2NO3/c1-8(12-9(14)4-3-5-10(12)15)13(19)16(2)7-6-11(17)18/h3-5,8H,6-7H2,1-2H3,(H,17,18). The molecule has 0 aliphatic heterocycles. The van der Waals surface area contributed by atoms with Crippen LogP contribution in [0.1, 0.15) is 24.8 Å². The molecule has 0 aromatic heterocycles. The predicted molar refractivity (Wildman–Crippen MR) is 64.7 cm³/mol. The summed E-state index contributed by atoms with van der Waals surface area (Å²) < 4.78 is 27.1. The maximum Gasteiger partial charge on any atom is 0.305 e. The van der Waals surface area contributed by atoms with E-state index < -0.39 is 29.4 Å². The summed E-state index contributed by atoms with van der Waals surface area (Å²) in [6, 6.07) is 3.39. The zero-order valence-electron chi connectivity index (χ0n) is 10.7. The largest absolute Gasteiger partial charge is 0.481 e. The first kappa shape index (κ1) is 15.1. The van der Waals surface area contributed by atoms with Gasteiger partial charge >= 0.3 is 5.97 Å². The Hall–Kier alpha value is -1.98. The van der Waals surface area contributed by atoms with Crippen molar-refractivity contribution in [2.75, 3.05) is 13.6 Å². The summed E-state index contributed by atoms with van der Waals surface area (Å²) in [5, 5.41) is 8.53. The van der Waals surface area contributed by atoms with Crippen LogP contribution in [0.4, 0.5) is 8.78 Å². The molecule has 1 amide bonds. The number of aliphatic carboxylic acids is 1. The molecule has 1 rings (SSSR count). The summed E-state index contributed by atoms with van der Waals surface area (Å²) >= 11 is 0. The minimum Gasteiger partial charge on any atom is -0.481 e. The van der Waals surface area contributed by atoms with E-state index in [4.69, 9.17) is 5.11 Å². The highest BCUT2D eigenvalue weighted by Crippen LogP contribution is 2.23. The molecule has 6 heteroatoms. The van der Waals surface area contributed by atoms with E-state index in [1.165, 1.54) is 20.0 Å². The lowest BCUT2D eigenvalue weighted by atomic mass is 9.98. The number of carbonyl (C=O) groups is 2. The van der Waals surface area contributed by atoms with Crippen molar-refractivity contribution in [2.24, 2.45) is 0 Å². The molecule has 19 heavy (non-hydrogen) atoms. The van der Waals surface area contributed by atoms with Crippen LogP contribution in [0.25, 0.3) is 0 Å². The summed E-state index contributed by atoms with van der Waals surface area (Å²) in [4.78, 5) is 23.5. The molecule has 104 valence electrons. The van der Waals surface area contributed by atoms with Gasteiger partial charge in [0, 0.05) is 19.2 Å². The number of carboxylic acids is 1. The minimum atomic E-state index is -1.04. The number of rotatable bonds is 5. The third-order valence-corrected chi connectivity index (χ3v) is 2.84. The van der Waals surface area contributed by atoms with Gasteiger partial charge in [-0.1, -0.05) is 6.07 Å². The normalized spacial score (nSPS) is 12.0. The number of hydrogen-bond donors (Lipinski definition) is 1. The van der Waals surface area contributed by atoms with Crippen LogP contribution < -0.4 is 0 Å². The first-order chi connectivity index (χ1) is 8.84. The first-order valence-corrected chi connectivity index (χ1v) is 5.75. The predicted octanol–water partition coefficient (Wildman–Crippen LogP) is 2.00. The molecule has 0 aliphatic carbocycles. The number of carboxylic acid groups (broad SMARTS) is 1. The number of hydrogen-bond acceptors (Lipinski definition) is 2. The average molecular weight is 271 g/mol. The van der Waals surface area contributed by atoms with E-state index in [1.807, 2.05) is 0 Å². The highest BCUT2D eigenvalue weighted by atomic mass is 19.1. The Kier molecular flexibility index (Phi) is 4.97. The van der Waals surface area contributed by atoms with E-state index in [9.17, 15) is 18.4 Å². The molecule has 0 bridgehead atoms. The van der Waals surface area contributed by atoms with Gasteiger partial charge in [0.25, 0.3) is 0 Å². The second-order valence-electron chi connectivity index (χ2n) is 4.26. The van der Waals surface area contributed by atoms with Crippen molar-refractivity contribution in [2.45, 2.75) is 19.3 Å². The molecule has 1 aromatic carbocycles. The Bertz CT molecular complexity index is 471. The fraction of sp³-hybridized carbons (Fsp3) is 0.385. The van der Waals surface area contributed by atoms with E-state index in [0.717, 1.165) is 17.0 Å². The lowest BCUT2D eigenvalue weighted by Crippen LogP contribution is -2.33. The SMILES string of the molecule is CC(C(=O)N(C)CCC(=O)O)c1c(F)cccc1F. The van der Waals surface area contributed by atoms with Crippen LogP contribution in [0.3, 0.4) is 0 Å². The van der Waals surface area contributed by atoms with E-state index in [-0.39, 0.29) is 18.5 Å². The molecule has 0 saturated heterocycles. The maximum atomic E-state index is 13.5. The first-order valence-electron chi connectivity index (χ1n) is 5.75. The van der Waals surface area contributed by atoms with Crippen molar-refractivity contribution in [1.29, 1.82) is 0 Å². The molecule has 1 aromatic rings. The van der Waals surface area contributed by atoms with Crippen molar-refractivity contribution in [3.8, 4) is 0 Å². The molecule has 0 fully saturated rings. The molecule has 0 saturated carbocycles. The fourth-order valence-corrected chi connectivity index (χ4v) is 1.75. The number of halogens is 2. The van der Waals surface area contributed by atoms with Crippen molar-refractivity contribution >= 4 is 11.9 Å². The van der Waals surface area contributed by atoms with Gasteiger partial charge in [0.05, 0.1) is 12.3 Å². The lowest BCUT2D eigenvalue weighted by Gasteiger charge is -2.21. The molecule has 1 unspecified atom stereocenters. The topological polar surface area (TPSA) is 57.6 Å². The van der Waals surface area contributed by atoms with Gasteiger partial charge in [0.15, 0.2) is 0 Å². The summed E-state index contributed by atoms with van der Waals surface area (Å²) in [6.07, 6.45) is -0.214. The third-order valence-electron chi connectivity index (χ3n) is 2.84. The van der Waals surface area contributed by atoms with Gasteiger partial charge < -0.3 is 10.0 Å². The number of amides is 1. The third kappa shape index (κ3) is 3.74. The van der Waals surface area contributed by atoms with Crippen LogP contribution in [0, 0.1) is 11.6 Å². The zero-order valence-corrected chi connectivity index (χ0v) is 10.7. The molecular formula is C13H15F2NO3. The Morgan fingerprint density at radius 2 is 1.84 bits per heavy atom. The number of carbonyl (C=O) groups excluding carboxylic acids is 1. The summed E-state index contributed by atoms with van der Waals surface area (Å²) in [6.45, 7) is 1.38. The number of likely N-dealkylation sites (N-methyl/N-ethyl adjacent to an activating group) is 1. The van der Waals surface area contributed by atoms with Gasteiger partial charge in [0.2, 0.25) is 5.91 Å². The van der Waals surface area contributed by atoms with Crippen LogP contribution in [-0.2, 0) is 9.59 Å². The van der Waals surface area contributed by atoms with Gasteiger partial charge in [0.1, 0.15) is 11.6 Å². The van der Waals surface area contributed by atoms with Crippen molar-refractivity contribution < 1.29 is 23.5 Å². The second-order valence-corrected chi connectivity index (χ2v) is 4.26. The Labute approximate surface area is 109 Å². The lowest BCUT2D eigenvalue weighted by molar-refractivity contribution is -0.138. The Morgan fingerprint density at radius 3 is 2.32 bits per heavy atom. The van der Waals surface area contributed by atoms with Gasteiger partial charge in [-0.25, -0.2) is 8.78 Å². The van der Waals surface area contributed by atoms with Gasteiger partial charge in [-0.3, -0.25) is 9.59 Å². The van der Waals surface area contributed by atoms with E-state index in [2.05, 4.69) is 0 Å². The van der Waals surface area contributed by atoms with Crippen LogP contribution in [0.15, 0.2) is 18.2 Å². The summed E-state index contributed by atoms with van der Waals surface area (Å²) in [5.41, 5.74) is -0.297. The maximum absolute atomic E-state index is 13.5. The molecule has 0 aliphatic rings. The van der Waals surface area contributed by atoms with Crippen LogP contribution in [0.5, 0.6) is 0 Å². The van der Waals surface area contributed by atoms with Gasteiger partial charge in [-0.15, -0.1) is 0 Å². The monoisotopic (exact) mass is 271 g/mol. The zero-order chi connectivity index (χ0) is 14.6. The van der Waals surface area contributed by atoms with E-state index in [0.29, 0.717) is 0 Å². The van der Waals surface area contributed by atoms with E-state index >= 15 is 0 Å². The van der Waals surface area contributed by atoms with Crippen molar-refractivity contribution in [3.63, 3.8) is 0 Å². The molecule has 1 N–H and O–H groups in total. The van der Waals surface area contributed by atoms with E-state index in [1.54, 1.807) is 0 Å². The quantitative estimate of drug-likeness (QED) is 0.891. The molecule has 0 heterocycles. The van der Waals surface area contributed by atoms with Crippen LogP contribution in [0.2, 0.25) is 0 Å². The van der Waals surface area contributed by atoms with Crippen molar-refractivity contribution in [1.82, 2.24) is 4.90 Å².